The monoisotopic (exact) mass is 191 g/mol. The standard InChI is InChI=1S/C8H17NOS.CH4/c1-6-7(5-11)4-8(2,3)9(6)10;/h6-7,10-11H,4-5H2,1-3H3;1H4/t6-,7-;/m1./s1. The van der Waals surface area contributed by atoms with Gasteiger partial charge in [0.05, 0.1) is 0 Å². The number of thiol groups is 1. The van der Waals surface area contributed by atoms with Crippen LogP contribution in [0, 0.1) is 5.92 Å². The van der Waals surface area contributed by atoms with E-state index in [1.807, 2.05) is 0 Å². The molecule has 2 nitrogen and oxygen atoms in total. The van der Waals surface area contributed by atoms with Gasteiger partial charge in [0.15, 0.2) is 0 Å². The highest BCUT2D eigenvalue weighted by Crippen LogP contribution is 2.36. The van der Waals surface area contributed by atoms with E-state index in [-0.39, 0.29) is 19.0 Å². The topological polar surface area (TPSA) is 23.5 Å². The van der Waals surface area contributed by atoms with E-state index in [1.54, 1.807) is 0 Å². The maximum absolute atomic E-state index is 9.63. The molecule has 1 N–H and O–H groups in total. The van der Waals surface area contributed by atoms with Gasteiger partial charge in [0.25, 0.3) is 0 Å². The summed E-state index contributed by atoms with van der Waals surface area (Å²) in [5.74, 6) is 1.39. The van der Waals surface area contributed by atoms with Crippen LogP contribution in [0.2, 0.25) is 0 Å². The minimum Gasteiger partial charge on any atom is -0.313 e. The zero-order valence-corrected chi connectivity index (χ0v) is 8.30. The quantitative estimate of drug-likeness (QED) is 0.622. The maximum Gasteiger partial charge on any atom is 0.0411 e. The summed E-state index contributed by atoms with van der Waals surface area (Å²) in [6.07, 6.45) is 1.04. The highest BCUT2D eigenvalue weighted by Gasteiger charge is 2.42. The Hall–Kier alpha value is 0.270. The van der Waals surface area contributed by atoms with Crippen LogP contribution in [-0.2, 0) is 0 Å². The molecule has 0 aliphatic carbocycles. The number of hydrogen-bond acceptors (Lipinski definition) is 3. The minimum atomic E-state index is -0.0627. The Labute approximate surface area is 81.3 Å². The van der Waals surface area contributed by atoms with Crippen molar-refractivity contribution in [3.63, 3.8) is 0 Å². The van der Waals surface area contributed by atoms with Crippen molar-refractivity contribution in [1.29, 1.82) is 0 Å². The maximum atomic E-state index is 9.63. The fraction of sp³-hybridized carbons (Fsp3) is 1.00. The first kappa shape index (κ1) is 12.3. The summed E-state index contributed by atoms with van der Waals surface area (Å²) in [6.45, 7) is 6.18. The normalized spacial score (nSPS) is 34.8. The lowest BCUT2D eigenvalue weighted by Gasteiger charge is -2.27. The Morgan fingerprint density at radius 1 is 1.58 bits per heavy atom. The van der Waals surface area contributed by atoms with Crippen LogP contribution < -0.4 is 0 Å². The fourth-order valence-corrected chi connectivity index (χ4v) is 2.31. The molecule has 1 aliphatic heterocycles. The summed E-state index contributed by atoms with van der Waals surface area (Å²) in [4.78, 5) is 0. The fourth-order valence-electron chi connectivity index (χ4n) is 1.87. The molecule has 1 saturated heterocycles. The Kier molecular flexibility index (Phi) is 4.08. The van der Waals surface area contributed by atoms with Crippen LogP contribution in [-0.4, -0.2) is 27.6 Å². The molecule has 74 valence electrons. The molecule has 1 fully saturated rings. The number of hydroxylamine groups is 2. The first-order valence-electron chi connectivity index (χ1n) is 4.08. The second-order valence-electron chi connectivity index (χ2n) is 4.04. The summed E-state index contributed by atoms with van der Waals surface area (Å²) in [7, 11) is 0. The van der Waals surface area contributed by atoms with Gasteiger partial charge in [0.1, 0.15) is 0 Å². The number of rotatable bonds is 1. The average molecular weight is 191 g/mol. The summed E-state index contributed by atoms with van der Waals surface area (Å²) >= 11 is 4.26. The predicted octanol–water partition coefficient (Wildman–Crippen LogP) is 2.43. The van der Waals surface area contributed by atoms with E-state index in [2.05, 4.69) is 33.4 Å². The van der Waals surface area contributed by atoms with Crippen LogP contribution >= 0.6 is 12.6 Å². The first-order chi connectivity index (χ1) is 4.99. The molecule has 0 bridgehead atoms. The molecule has 0 unspecified atom stereocenters. The Morgan fingerprint density at radius 2 is 2.08 bits per heavy atom. The Balaban J connectivity index is 0.00000121. The summed E-state index contributed by atoms with van der Waals surface area (Å²) in [6, 6.07) is 0.252. The van der Waals surface area contributed by atoms with Crippen molar-refractivity contribution in [2.45, 2.75) is 46.2 Å². The molecular weight excluding hydrogens is 170 g/mol. The van der Waals surface area contributed by atoms with Crippen LogP contribution in [0.15, 0.2) is 0 Å². The molecule has 0 aromatic carbocycles. The third-order valence-electron chi connectivity index (χ3n) is 2.68. The molecule has 1 heterocycles. The number of hydrogen-bond donors (Lipinski definition) is 2. The molecule has 1 aliphatic rings. The van der Waals surface area contributed by atoms with Crippen LogP contribution in [0.4, 0.5) is 0 Å². The van der Waals surface area contributed by atoms with Crippen LogP contribution in [0.25, 0.3) is 0 Å². The van der Waals surface area contributed by atoms with Crippen molar-refractivity contribution in [2.75, 3.05) is 5.75 Å². The largest absolute Gasteiger partial charge is 0.313 e. The van der Waals surface area contributed by atoms with Gasteiger partial charge in [-0.15, -0.1) is 0 Å². The highest BCUT2D eigenvalue weighted by atomic mass is 32.1. The van der Waals surface area contributed by atoms with E-state index in [0.29, 0.717) is 5.92 Å². The van der Waals surface area contributed by atoms with E-state index in [0.717, 1.165) is 12.2 Å². The zero-order chi connectivity index (χ0) is 8.65. The molecule has 3 heteroatoms. The SMILES string of the molecule is C.C[C@@H]1[C@@H](CS)CC(C)(C)N1O. The third-order valence-corrected chi connectivity index (χ3v) is 3.15. The second kappa shape index (κ2) is 3.99. The summed E-state index contributed by atoms with van der Waals surface area (Å²) in [5.41, 5.74) is -0.0627. The van der Waals surface area contributed by atoms with E-state index >= 15 is 0 Å². The van der Waals surface area contributed by atoms with Crippen molar-refractivity contribution in [3.8, 4) is 0 Å². The van der Waals surface area contributed by atoms with Gasteiger partial charge in [0, 0.05) is 11.6 Å². The molecule has 0 aromatic heterocycles. The van der Waals surface area contributed by atoms with Gasteiger partial charge < -0.3 is 5.21 Å². The molecule has 12 heavy (non-hydrogen) atoms. The van der Waals surface area contributed by atoms with Crippen molar-refractivity contribution < 1.29 is 5.21 Å². The van der Waals surface area contributed by atoms with Gasteiger partial charge >= 0.3 is 0 Å². The van der Waals surface area contributed by atoms with Crippen molar-refractivity contribution in [2.24, 2.45) is 5.92 Å². The van der Waals surface area contributed by atoms with Gasteiger partial charge in [0.2, 0.25) is 0 Å². The first-order valence-corrected chi connectivity index (χ1v) is 4.71. The molecule has 2 atom stereocenters. The van der Waals surface area contributed by atoms with Gasteiger partial charge in [-0.05, 0) is 38.9 Å². The van der Waals surface area contributed by atoms with Crippen LogP contribution in [0.3, 0.4) is 0 Å². The van der Waals surface area contributed by atoms with Crippen molar-refractivity contribution in [3.05, 3.63) is 0 Å². The van der Waals surface area contributed by atoms with E-state index in [1.165, 1.54) is 5.06 Å². The molecule has 0 radical (unpaired) electrons. The second-order valence-corrected chi connectivity index (χ2v) is 4.41. The van der Waals surface area contributed by atoms with Crippen molar-refractivity contribution in [1.82, 2.24) is 5.06 Å². The average Bonchev–Trinajstić information content (AvgIpc) is 2.13. The molecule has 0 aromatic rings. The third kappa shape index (κ3) is 1.95. The number of nitrogens with zero attached hydrogens (tertiary/aromatic N) is 1. The van der Waals surface area contributed by atoms with Gasteiger partial charge in [-0.1, -0.05) is 7.43 Å². The Bertz CT molecular complexity index is 149. The minimum absolute atomic E-state index is 0. The summed E-state index contributed by atoms with van der Waals surface area (Å²) < 4.78 is 0. The van der Waals surface area contributed by atoms with Crippen LogP contribution in [0.1, 0.15) is 34.6 Å². The van der Waals surface area contributed by atoms with Gasteiger partial charge in [-0.3, -0.25) is 0 Å². The molecule has 0 amide bonds. The van der Waals surface area contributed by atoms with E-state index < -0.39 is 0 Å². The predicted molar refractivity (Wildman–Crippen MR) is 55.9 cm³/mol. The zero-order valence-electron chi connectivity index (χ0n) is 7.41. The molecule has 0 saturated carbocycles. The van der Waals surface area contributed by atoms with Crippen molar-refractivity contribution >= 4 is 12.6 Å². The Morgan fingerprint density at radius 3 is 2.25 bits per heavy atom. The molecule has 0 spiro atoms. The van der Waals surface area contributed by atoms with Crippen LogP contribution in [0.5, 0.6) is 0 Å². The molecular formula is C9H21NOS. The lowest BCUT2D eigenvalue weighted by Crippen LogP contribution is -2.39. The summed E-state index contributed by atoms with van der Waals surface area (Å²) in [5, 5.41) is 11.1. The van der Waals surface area contributed by atoms with E-state index in [4.69, 9.17) is 0 Å². The molecule has 1 rings (SSSR count). The van der Waals surface area contributed by atoms with Gasteiger partial charge in [-0.2, -0.15) is 17.7 Å². The lowest BCUT2D eigenvalue weighted by atomic mass is 9.96. The van der Waals surface area contributed by atoms with E-state index in [9.17, 15) is 5.21 Å². The highest BCUT2D eigenvalue weighted by molar-refractivity contribution is 7.80. The smallest absolute Gasteiger partial charge is 0.0411 e. The van der Waals surface area contributed by atoms with Gasteiger partial charge in [-0.25, -0.2) is 0 Å². The lowest BCUT2D eigenvalue weighted by molar-refractivity contribution is -0.162.